The van der Waals surface area contributed by atoms with Crippen molar-refractivity contribution in [1.82, 2.24) is 0 Å². The van der Waals surface area contributed by atoms with Crippen LogP contribution in [0.1, 0.15) is 73.3 Å². The number of carboxylic acid groups (broad SMARTS) is 4. The Balaban J connectivity index is 1.40. The van der Waals surface area contributed by atoms with Gasteiger partial charge in [-0.15, -0.1) is 0 Å². The van der Waals surface area contributed by atoms with Crippen LogP contribution in [0.25, 0.3) is 23.3 Å². The molecule has 4 N–H and O–H groups in total. The lowest BCUT2D eigenvalue weighted by molar-refractivity contribution is 0.0651. The van der Waals surface area contributed by atoms with Crippen LogP contribution in [0.4, 0.5) is 0 Å². The summed E-state index contributed by atoms with van der Waals surface area (Å²) < 4.78 is 12.2. The summed E-state index contributed by atoms with van der Waals surface area (Å²) in [6, 6.07) is 33.6. The molecule has 0 bridgehead atoms. The molecule has 0 aliphatic heterocycles. The number of ether oxygens (including phenoxy) is 2. The van der Waals surface area contributed by atoms with Crippen LogP contribution in [0.15, 0.2) is 146 Å². The first-order chi connectivity index (χ1) is 27.9. The van der Waals surface area contributed by atoms with Crippen molar-refractivity contribution in [3.05, 3.63) is 190 Å². The molecule has 0 heterocycles. The van der Waals surface area contributed by atoms with Gasteiger partial charge < -0.3 is 29.9 Å². The number of carbonyl (C=O) groups is 6. The van der Waals surface area contributed by atoms with Crippen molar-refractivity contribution in [2.45, 2.75) is 0 Å². The zero-order valence-electron chi connectivity index (χ0n) is 30.1. The highest BCUT2D eigenvalue weighted by atomic mass is 16.5. The number of carbonyl (C=O) groups excluding carboxylic acids is 2. The number of aromatic carboxylic acids is 4. The van der Waals surface area contributed by atoms with E-state index in [0.717, 1.165) is 24.3 Å². The summed E-state index contributed by atoms with van der Waals surface area (Å²) >= 11 is 0. The van der Waals surface area contributed by atoms with E-state index in [1.54, 1.807) is 97.1 Å². The number of hydrogen-bond acceptors (Lipinski definition) is 8. The first-order valence-electron chi connectivity index (χ1n) is 17.3. The Bertz CT molecular complexity index is 2440. The standard InChI is InChI=1S/C46H30O12/c47-39(29-7-3-1-4-8-29)21-15-27-11-17-31(18-12-27)57-41-25-37(45(53)54)35(43(49)50)23-33(41)34-24-36(44(51)52)38(46(55)56)26-42(34)58-32-19-13-28(14-20-32)16-22-40(48)30-9-5-2-6-10-30/h1-26H,(H,49,50)(H,51,52)(H,53,54)(H,55,56). The molecule has 0 amide bonds. The maximum Gasteiger partial charge on any atom is 0.336 e. The molecule has 0 atom stereocenters. The van der Waals surface area contributed by atoms with Crippen LogP contribution < -0.4 is 9.47 Å². The fourth-order valence-electron chi connectivity index (χ4n) is 5.75. The Kier molecular flexibility index (Phi) is 11.8. The molecule has 6 rings (SSSR count). The van der Waals surface area contributed by atoms with Gasteiger partial charge in [-0.25, -0.2) is 19.2 Å². The predicted octanol–water partition coefficient (Wildman–Crippen LogP) is 9.52. The summed E-state index contributed by atoms with van der Waals surface area (Å²) in [5.41, 5.74) is -0.726. The largest absolute Gasteiger partial charge is 0.478 e. The Morgan fingerprint density at radius 3 is 1.02 bits per heavy atom. The number of rotatable bonds is 15. The van der Waals surface area contributed by atoms with E-state index in [2.05, 4.69) is 0 Å². The van der Waals surface area contributed by atoms with Crippen LogP contribution >= 0.6 is 0 Å². The molecule has 0 saturated heterocycles. The summed E-state index contributed by atoms with van der Waals surface area (Å²) in [7, 11) is 0. The van der Waals surface area contributed by atoms with Crippen molar-refractivity contribution in [2.75, 3.05) is 0 Å². The molecular weight excluding hydrogens is 744 g/mol. The first kappa shape index (κ1) is 39.3. The third kappa shape index (κ3) is 9.28. The second-order valence-corrected chi connectivity index (χ2v) is 12.5. The number of carboxylic acids is 4. The zero-order valence-corrected chi connectivity index (χ0v) is 30.1. The normalized spacial score (nSPS) is 11.0. The second kappa shape index (κ2) is 17.4. The summed E-state index contributed by atoms with van der Waals surface area (Å²) in [5.74, 6) is -7.07. The summed E-state index contributed by atoms with van der Waals surface area (Å²) in [6.45, 7) is 0. The lowest BCUT2D eigenvalue weighted by Crippen LogP contribution is -2.11. The van der Waals surface area contributed by atoms with Crippen molar-refractivity contribution in [3.8, 4) is 34.1 Å². The molecule has 0 unspecified atom stereocenters. The van der Waals surface area contributed by atoms with E-state index in [1.165, 1.54) is 36.4 Å². The summed E-state index contributed by atoms with van der Waals surface area (Å²) in [5, 5.41) is 40.0. The molecule has 0 aliphatic carbocycles. The Labute approximate surface area is 329 Å². The number of hydrogen-bond donors (Lipinski definition) is 4. The van der Waals surface area contributed by atoms with E-state index < -0.39 is 46.1 Å². The molecule has 0 fully saturated rings. The molecule has 6 aromatic carbocycles. The SMILES string of the molecule is O=C(C=Cc1ccc(Oc2cc(C(=O)O)c(C(=O)O)cc2-c2cc(C(=O)O)c(C(=O)O)cc2Oc2ccc(C=CC(=O)c3ccccc3)cc2)cc1)c1ccccc1. The third-order valence-corrected chi connectivity index (χ3v) is 8.64. The van der Waals surface area contributed by atoms with Gasteiger partial charge in [0.2, 0.25) is 0 Å². The van der Waals surface area contributed by atoms with Crippen molar-refractivity contribution < 1.29 is 58.7 Å². The van der Waals surface area contributed by atoms with Crippen LogP contribution in [0.2, 0.25) is 0 Å². The van der Waals surface area contributed by atoms with Gasteiger partial charge in [0.15, 0.2) is 11.6 Å². The highest BCUT2D eigenvalue weighted by Crippen LogP contribution is 2.43. The van der Waals surface area contributed by atoms with Gasteiger partial charge in [0.05, 0.1) is 22.3 Å². The highest BCUT2D eigenvalue weighted by molar-refractivity contribution is 6.08. The quantitative estimate of drug-likeness (QED) is 0.0569. The molecule has 12 nitrogen and oxygen atoms in total. The van der Waals surface area contributed by atoms with E-state index in [0.29, 0.717) is 22.3 Å². The van der Waals surface area contributed by atoms with E-state index in [-0.39, 0.29) is 45.7 Å². The van der Waals surface area contributed by atoms with Crippen LogP contribution in [-0.4, -0.2) is 55.9 Å². The van der Waals surface area contributed by atoms with Crippen LogP contribution in [-0.2, 0) is 0 Å². The van der Waals surface area contributed by atoms with Gasteiger partial charge in [0.25, 0.3) is 0 Å². The van der Waals surface area contributed by atoms with Crippen molar-refractivity contribution in [2.24, 2.45) is 0 Å². The van der Waals surface area contributed by atoms with Gasteiger partial charge >= 0.3 is 23.9 Å². The number of benzene rings is 6. The average Bonchev–Trinajstić information content (AvgIpc) is 3.23. The molecule has 0 aromatic heterocycles. The molecule has 0 saturated carbocycles. The summed E-state index contributed by atoms with van der Waals surface area (Å²) in [6.07, 6.45) is 5.96. The van der Waals surface area contributed by atoms with E-state index in [9.17, 15) is 49.2 Å². The van der Waals surface area contributed by atoms with Gasteiger partial charge in [-0.05, 0) is 71.8 Å². The van der Waals surface area contributed by atoms with E-state index in [4.69, 9.17) is 9.47 Å². The lowest BCUT2D eigenvalue weighted by atomic mass is 9.93. The zero-order chi connectivity index (χ0) is 41.3. The molecule has 0 spiro atoms. The third-order valence-electron chi connectivity index (χ3n) is 8.64. The fourth-order valence-corrected chi connectivity index (χ4v) is 5.75. The highest BCUT2D eigenvalue weighted by Gasteiger charge is 2.27. The monoisotopic (exact) mass is 774 g/mol. The van der Waals surface area contributed by atoms with Crippen molar-refractivity contribution >= 4 is 47.6 Å². The minimum absolute atomic E-state index is 0.143. The number of allylic oxidation sites excluding steroid dienone is 2. The Morgan fingerprint density at radius 1 is 0.397 bits per heavy atom. The Hall–Kier alpha value is -8.38. The van der Waals surface area contributed by atoms with Gasteiger partial charge in [0.1, 0.15) is 23.0 Å². The molecule has 58 heavy (non-hydrogen) atoms. The average molecular weight is 775 g/mol. The molecule has 0 aliphatic rings. The fraction of sp³-hybridized carbons (Fsp3) is 0. The molecule has 6 aromatic rings. The molecular formula is C46H30O12. The minimum atomic E-state index is -1.62. The summed E-state index contributed by atoms with van der Waals surface area (Å²) in [4.78, 5) is 74.3. The first-order valence-corrected chi connectivity index (χ1v) is 17.3. The van der Waals surface area contributed by atoms with Crippen molar-refractivity contribution in [3.63, 3.8) is 0 Å². The van der Waals surface area contributed by atoms with Crippen molar-refractivity contribution in [1.29, 1.82) is 0 Å². The van der Waals surface area contributed by atoms with Gasteiger partial charge in [-0.3, -0.25) is 9.59 Å². The molecule has 286 valence electrons. The van der Waals surface area contributed by atoms with Crippen LogP contribution in [0, 0.1) is 0 Å². The molecule has 0 radical (unpaired) electrons. The van der Waals surface area contributed by atoms with Gasteiger partial charge in [-0.1, -0.05) is 97.1 Å². The lowest BCUT2D eigenvalue weighted by Gasteiger charge is -2.19. The smallest absolute Gasteiger partial charge is 0.336 e. The van der Waals surface area contributed by atoms with E-state index >= 15 is 0 Å². The second-order valence-electron chi connectivity index (χ2n) is 12.5. The van der Waals surface area contributed by atoms with Gasteiger partial charge in [-0.2, -0.15) is 0 Å². The topological polar surface area (TPSA) is 202 Å². The Morgan fingerprint density at radius 2 is 0.707 bits per heavy atom. The maximum atomic E-state index is 12.5. The predicted molar refractivity (Wildman–Crippen MR) is 212 cm³/mol. The van der Waals surface area contributed by atoms with Crippen LogP contribution in [0.5, 0.6) is 23.0 Å². The number of ketones is 2. The van der Waals surface area contributed by atoms with Gasteiger partial charge in [0, 0.05) is 22.3 Å². The van der Waals surface area contributed by atoms with E-state index in [1.807, 2.05) is 0 Å². The maximum absolute atomic E-state index is 12.5. The molecule has 12 heteroatoms. The van der Waals surface area contributed by atoms with Crippen LogP contribution in [0.3, 0.4) is 0 Å². The minimum Gasteiger partial charge on any atom is -0.478 e.